The lowest BCUT2D eigenvalue weighted by atomic mass is 10.0. The molecule has 0 aliphatic carbocycles. The molecular formula is C19H26N2. The number of benzene rings is 2. The van der Waals surface area contributed by atoms with Crippen LogP contribution in [0.5, 0.6) is 0 Å². The standard InChI is InChI=1S/C19H26N2/c1-4-20-19(17-12-10-16(2)11-13-17)14-15-21(3)18-8-6-5-7-9-18/h5-13,19-20H,4,14-15H2,1-3H3. The molecule has 1 N–H and O–H groups in total. The van der Waals surface area contributed by atoms with Gasteiger partial charge in [0, 0.05) is 25.3 Å². The van der Waals surface area contributed by atoms with Gasteiger partial charge in [0.2, 0.25) is 0 Å². The van der Waals surface area contributed by atoms with E-state index in [4.69, 9.17) is 0 Å². The largest absolute Gasteiger partial charge is 0.375 e. The number of hydrogen-bond acceptors (Lipinski definition) is 2. The molecule has 0 aliphatic rings. The summed E-state index contributed by atoms with van der Waals surface area (Å²) in [5, 5.41) is 3.60. The fraction of sp³-hybridized carbons (Fsp3) is 0.368. The predicted molar refractivity (Wildman–Crippen MR) is 91.9 cm³/mol. The first kappa shape index (κ1) is 15.6. The maximum atomic E-state index is 3.60. The van der Waals surface area contributed by atoms with Gasteiger partial charge in [0.15, 0.2) is 0 Å². The van der Waals surface area contributed by atoms with Crippen molar-refractivity contribution in [1.29, 1.82) is 0 Å². The molecular weight excluding hydrogens is 256 g/mol. The molecule has 2 aromatic carbocycles. The first-order valence-electron chi connectivity index (χ1n) is 7.77. The monoisotopic (exact) mass is 282 g/mol. The summed E-state index contributed by atoms with van der Waals surface area (Å²) in [5.74, 6) is 0. The molecule has 0 amide bonds. The van der Waals surface area contributed by atoms with Crippen molar-refractivity contribution < 1.29 is 0 Å². The minimum atomic E-state index is 0.418. The Balaban J connectivity index is 1.98. The number of hydrogen-bond donors (Lipinski definition) is 1. The zero-order valence-corrected chi connectivity index (χ0v) is 13.3. The zero-order chi connectivity index (χ0) is 15.1. The molecule has 1 atom stereocenters. The average molecular weight is 282 g/mol. The third-order valence-electron chi connectivity index (χ3n) is 3.88. The van der Waals surface area contributed by atoms with Crippen molar-refractivity contribution in [2.45, 2.75) is 26.3 Å². The zero-order valence-electron chi connectivity index (χ0n) is 13.3. The van der Waals surface area contributed by atoms with Gasteiger partial charge in [-0.2, -0.15) is 0 Å². The van der Waals surface area contributed by atoms with Crippen LogP contribution in [-0.2, 0) is 0 Å². The minimum absolute atomic E-state index is 0.418. The van der Waals surface area contributed by atoms with E-state index >= 15 is 0 Å². The Bertz CT molecular complexity index is 519. The maximum Gasteiger partial charge on any atom is 0.0363 e. The van der Waals surface area contributed by atoms with Gasteiger partial charge in [0.05, 0.1) is 0 Å². The molecule has 2 rings (SSSR count). The molecule has 0 spiro atoms. The fourth-order valence-corrected chi connectivity index (χ4v) is 2.57. The molecule has 0 aromatic heterocycles. The molecule has 0 heterocycles. The average Bonchev–Trinajstić information content (AvgIpc) is 2.53. The second-order valence-corrected chi connectivity index (χ2v) is 5.57. The first-order chi connectivity index (χ1) is 10.2. The molecule has 0 saturated carbocycles. The summed E-state index contributed by atoms with van der Waals surface area (Å²) in [6.45, 7) is 6.33. The molecule has 0 radical (unpaired) electrons. The third kappa shape index (κ3) is 4.61. The quantitative estimate of drug-likeness (QED) is 0.820. The number of para-hydroxylation sites is 1. The number of rotatable bonds is 7. The van der Waals surface area contributed by atoms with Crippen LogP contribution in [0.15, 0.2) is 54.6 Å². The molecule has 0 bridgehead atoms. The fourth-order valence-electron chi connectivity index (χ4n) is 2.57. The number of aryl methyl sites for hydroxylation is 1. The van der Waals surface area contributed by atoms with Crippen LogP contribution < -0.4 is 10.2 Å². The lowest BCUT2D eigenvalue weighted by Crippen LogP contribution is -2.27. The Morgan fingerprint density at radius 2 is 1.67 bits per heavy atom. The molecule has 0 saturated heterocycles. The van der Waals surface area contributed by atoms with Gasteiger partial charge in [-0.25, -0.2) is 0 Å². The highest BCUT2D eigenvalue weighted by atomic mass is 15.1. The van der Waals surface area contributed by atoms with Gasteiger partial charge in [-0.15, -0.1) is 0 Å². The molecule has 2 aromatic rings. The summed E-state index contributed by atoms with van der Waals surface area (Å²) in [6.07, 6.45) is 1.10. The van der Waals surface area contributed by atoms with Crippen LogP contribution >= 0.6 is 0 Å². The van der Waals surface area contributed by atoms with Crippen molar-refractivity contribution in [3.05, 3.63) is 65.7 Å². The second kappa shape index (κ2) is 7.84. The van der Waals surface area contributed by atoms with Crippen LogP contribution in [0, 0.1) is 6.92 Å². The van der Waals surface area contributed by atoms with E-state index < -0.39 is 0 Å². The van der Waals surface area contributed by atoms with Crippen LogP contribution in [0.4, 0.5) is 5.69 Å². The summed E-state index contributed by atoms with van der Waals surface area (Å²) in [6, 6.07) is 19.9. The SMILES string of the molecule is CCNC(CCN(C)c1ccccc1)c1ccc(C)cc1. The maximum absolute atomic E-state index is 3.60. The van der Waals surface area contributed by atoms with E-state index in [9.17, 15) is 0 Å². The van der Waals surface area contributed by atoms with Gasteiger partial charge < -0.3 is 10.2 Å². The minimum Gasteiger partial charge on any atom is -0.375 e. The Labute approximate surface area is 128 Å². The van der Waals surface area contributed by atoms with E-state index in [0.717, 1.165) is 19.5 Å². The first-order valence-corrected chi connectivity index (χ1v) is 7.77. The van der Waals surface area contributed by atoms with Crippen molar-refractivity contribution in [2.75, 3.05) is 25.0 Å². The lowest BCUT2D eigenvalue weighted by molar-refractivity contribution is 0.516. The summed E-state index contributed by atoms with van der Waals surface area (Å²) < 4.78 is 0. The molecule has 2 heteroatoms. The molecule has 21 heavy (non-hydrogen) atoms. The van der Waals surface area contributed by atoms with Gasteiger partial charge in [-0.05, 0) is 37.6 Å². The summed E-state index contributed by atoms with van der Waals surface area (Å²) in [5.41, 5.74) is 3.97. The van der Waals surface area contributed by atoms with Gasteiger partial charge in [-0.1, -0.05) is 55.0 Å². The Morgan fingerprint density at radius 3 is 2.29 bits per heavy atom. The van der Waals surface area contributed by atoms with Crippen LogP contribution in [-0.4, -0.2) is 20.1 Å². The van der Waals surface area contributed by atoms with Crippen LogP contribution in [0.3, 0.4) is 0 Å². The highest BCUT2D eigenvalue weighted by Crippen LogP contribution is 2.19. The highest BCUT2D eigenvalue weighted by Gasteiger charge is 2.11. The van der Waals surface area contributed by atoms with Crippen molar-refractivity contribution in [3.8, 4) is 0 Å². The van der Waals surface area contributed by atoms with Crippen molar-refractivity contribution in [2.24, 2.45) is 0 Å². The second-order valence-electron chi connectivity index (χ2n) is 5.57. The summed E-state index contributed by atoms with van der Waals surface area (Å²) in [4.78, 5) is 2.32. The van der Waals surface area contributed by atoms with Gasteiger partial charge in [-0.3, -0.25) is 0 Å². The van der Waals surface area contributed by atoms with Crippen LogP contribution in [0.1, 0.15) is 30.5 Å². The number of nitrogens with one attached hydrogen (secondary N) is 1. The van der Waals surface area contributed by atoms with Gasteiger partial charge >= 0.3 is 0 Å². The van der Waals surface area contributed by atoms with E-state index in [2.05, 4.69) is 85.7 Å². The number of anilines is 1. The molecule has 0 fully saturated rings. The van der Waals surface area contributed by atoms with Gasteiger partial charge in [0.1, 0.15) is 0 Å². The van der Waals surface area contributed by atoms with Crippen LogP contribution in [0.2, 0.25) is 0 Å². The number of nitrogens with zero attached hydrogens (tertiary/aromatic N) is 1. The Hall–Kier alpha value is -1.80. The van der Waals surface area contributed by atoms with E-state index in [-0.39, 0.29) is 0 Å². The summed E-state index contributed by atoms with van der Waals surface area (Å²) in [7, 11) is 2.16. The van der Waals surface area contributed by atoms with Crippen molar-refractivity contribution in [3.63, 3.8) is 0 Å². The molecule has 0 aliphatic heterocycles. The molecule has 2 nitrogen and oxygen atoms in total. The van der Waals surface area contributed by atoms with E-state index in [1.165, 1.54) is 16.8 Å². The Morgan fingerprint density at radius 1 is 1.00 bits per heavy atom. The highest BCUT2D eigenvalue weighted by molar-refractivity contribution is 5.44. The van der Waals surface area contributed by atoms with Gasteiger partial charge in [0.25, 0.3) is 0 Å². The van der Waals surface area contributed by atoms with Crippen molar-refractivity contribution in [1.82, 2.24) is 5.32 Å². The van der Waals surface area contributed by atoms with Crippen molar-refractivity contribution >= 4 is 5.69 Å². The molecule has 112 valence electrons. The van der Waals surface area contributed by atoms with E-state index in [1.54, 1.807) is 0 Å². The van der Waals surface area contributed by atoms with E-state index in [1.807, 2.05) is 0 Å². The Kier molecular flexibility index (Phi) is 5.82. The summed E-state index contributed by atoms with van der Waals surface area (Å²) >= 11 is 0. The topological polar surface area (TPSA) is 15.3 Å². The third-order valence-corrected chi connectivity index (χ3v) is 3.88. The normalized spacial score (nSPS) is 12.1. The van der Waals surface area contributed by atoms with Crippen LogP contribution in [0.25, 0.3) is 0 Å². The predicted octanol–water partition coefficient (Wildman–Crippen LogP) is 4.17. The van der Waals surface area contributed by atoms with E-state index in [0.29, 0.717) is 6.04 Å². The lowest BCUT2D eigenvalue weighted by Gasteiger charge is -2.24. The smallest absolute Gasteiger partial charge is 0.0363 e. The molecule has 1 unspecified atom stereocenters.